The van der Waals surface area contributed by atoms with Crippen molar-refractivity contribution in [3.8, 4) is 0 Å². The van der Waals surface area contributed by atoms with Crippen molar-refractivity contribution in [2.45, 2.75) is 19.9 Å². The van der Waals surface area contributed by atoms with E-state index in [0.717, 1.165) is 34.9 Å². The van der Waals surface area contributed by atoms with E-state index in [0.29, 0.717) is 6.54 Å². The highest BCUT2D eigenvalue weighted by molar-refractivity contribution is 5.77. The molecule has 0 saturated carbocycles. The van der Waals surface area contributed by atoms with Crippen LogP contribution in [0.15, 0.2) is 45.4 Å². The van der Waals surface area contributed by atoms with E-state index in [1.54, 1.807) is 6.26 Å². The molecular weight excluding hydrogens is 228 g/mol. The quantitative estimate of drug-likeness (QED) is 0.759. The average molecular weight is 242 g/mol. The van der Waals surface area contributed by atoms with Gasteiger partial charge in [0.2, 0.25) is 0 Å². The highest BCUT2D eigenvalue weighted by Gasteiger charge is 2.05. The monoisotopic (exact) mass is 242 g/mol. The average Bonchev–Trinajstić information content (AvgIpc) is 3.04. The lowest BCUT2D eigenvalue weighted by atomic mass is 10.3. The molecule has 0 saturated heterocycles. The van der Waals surface area contributed by atoms with Crippen molar-refractivity contribution >= 4 is 16.8 Å². The van der Waals surface area contributed by atoms with Crippen molar-refractivity contribution in [1.29, 1.82) is 0 Å². The number of nitrogens with zero attached hydrogens (tertiary/aromatic N) is 1. The lowest BCUT2D eigenvalue weighted by Crippen LogP contribution is -1.97. The Hall–Kier alpha value is -2.23. The molecule has 92 valence electrons. The number of nitrogens with one attached hydrogen (secondary N) is 1. The normalized spacial score (nSPS) is 10.9. The molecule has 0 bridgehead atoms. The number of fused-ring (bicyclic) bond motifs is 1. The highest BCUT2D eigenvalue weighted by Crippen LogP contribution is 2.20. The first kappa shape index (κ1) is 10.9. The van der Waals surface area contributed by atoms with Crippen molar-refractivity contribution < 1.29 is 8.83 Å². The molecule has 18 heavy (non-hydrogen) atoms. The molecule has 3 rings (SSSR count). The van der Waals surface area contributed by atoms with Gasteiger partial charge in [0.15, 0.2) is 11.5 Å². The van der Waals surface area contributed by atoms with Gasteiger partial charge in [0.25, 0.3) is 0 Å². The number of oxazole rings is 1. The maximum atomic E-state index is 5.57. The minimum absolute atomic E-state index is 0.664. The fourth-order valence-corrected chi connectivity index (χ4v) is 1.84. The van der Waals surface area contributed by atoms with Crippen molar-refractivity contribution in [1.82, 2.24) is 4.98 Å². The van der Waals surface area contributed by atoms with Gasteiger partial charge in [-0.1, -0.05) is 6.92 Å². The van der Waals surface area contributed by atoms with E-state index in [-0.39, 0.29) is 0 Å². The Morgan fingerprint density at radius 1 is 1.28 bits per heavy atom. The maximum Gasteiger partial charge on any atom is 0.195 e. The van der Waals surface area contributed by atoms with Crippen LogP contribution >= 0.6 is 0 Å². The number of benzene rings is 1. The van der Waals surface area contributed by atoms with Crippen LogP contribution in [-0.2, 0) is 13.0 Å². The number of rotatable bonds is 4. The molecule has 0 aliphatic carbocycles. The second kappa shape index (κ2) is 4.56. The molecule has 0 spiro atoms. The van der Waals surface area contributed by atoms with Gasteiger partial charge < -0.3 is 14.2 Å². The van der Waals surface area contributed by atoms with Crippen LogP contribution in [0.5, 0.6) is 0 Å². The highest BCUT2D eigenvalue weighted by atomic mass is 16.3. The largest absolute Gasteiger partial charge is 0.467 e. The molecule has 4 nitrogen and oxygen atoms in total. The summed E-state index contributed by atoms with van der Waals surface area (Å²) in [7, 11) is 0. The van der Waals surface area contributed by atoms with Crippen molar-refractivity contribution in [2.24, 2.45) is 0 Å². The van der Waals surface area contributed by atoms with Gasteiger partial charge in [-0.2, -0.15) is 0 Å². The Balaban J connectivity index is 1.80. The van der Waals surface area contributed by atoms with Gasteiger partial charge in [0.1, 0.15) is 11.3 Å². The van der Waals surface area contributed by atoms with Gasteiger partial charge in [-0.25, -0.2) is 4.98 Å². The molecular formula is C14H14N2O2. The minimum Gasteiger partial charge on any atom is -0.467 e. The molecule has 4 heteroatoms. The fourth-order valence-electron chi connectivity index (χ4n) is 1.84. The Morgan fingerprint density at radius 2 is 2.22 bits per heavy atom. The topological polar surface area (TPSA) is 51.2 Å². The first-order chi connectivity index (χ1) is 8.85. The number of furan rings is 1. The first-order valence-corrected chi connectivity index (χ1v) is 6.01. The Bertz CT molecular complexity index is 641. The maximum absolute atomic E-state index is 5.57. The zero-order valence-electron chi connectivity index (χ0n) is 10.1. The SMILES string of the molecule is CCc1nc2cc(NCc3ccco3)ccc2o1. The molecule has 0 atom stereocenters. The van der Waals surface area contributed by atoms with Crippen molar-refractivity contribution in [2.75, 3.05) is 5.32 Å². The summed E-state index contributed by atoms with van der Waals surface area (Å²) in [6.45, 7) is 2.69. The predicted molar refractivity (Wildman–Crippen MR) is 69.4 cm³/mol. The zero-order chi connectivity index (χ0) is 12.4. The summed E-state index contributed by atoms with van der Waals surface area (Å²) < 4.78 is 10.8. The van der Waals surface area contributed by atoms with E-state index in [4.69, 9.17) is 8.83 Å². The summed E-state index contributed by atoms with van der Waals surface area (Å²) in [5.74, 6) is 1.68. The number of aromatic nitrogens is 1. The van der Waals surface area contributed by atoms with E-state index in [1.807, 2.05) is 37.3 Å². The summed E-state index contributed by atoms with van der Waals surface area (Å²) in [5, 5.41) is 3.29. The molecule has 0 aliphatic heterocycles. The number of hydrogen-bond acceptors (Lipinski definition) is 4. The van der Waals surface area contributed by atoms with E-state index >= 15 is 0 Å². The molecule has 0 radical (unpaired) electrons. The van der Waals surface area contributed by atoms with E-state index in [2.05, 4.69) is 10.3 Å². The smallest absolute Gasteiger partial charge is 0.195 e. The van der Waals surface area contributed by atoms with Crippen molar-refractivity contribution in [3.05, 3.63) is 48.2 Å². The molecule has 1 N–H and O–H groups in total. The second-order valence-electron chi connectivity index (χ2n) is 4.08. The summed E-state index contributed by atoms with van der Waals surface area (Å²) in [4.78, 5) is 4.41. The van der Waals surface area contributed by atoms with Crippen LogP contribution in [0.4, 0.5) is 5.69 Å². The van der Waals surface area contributed by atoms with Crippen LogP contribution in [0.3, 0.4) is 0 Å². The number of anilines is 1. The zero-order valence-corrected chi connectivity index (χ0v) is 10.1. The molecule has 2 aromatic heterocycles. The summed E-state index contributed by atoms with van der Waals surface area (Å²) in [5.41, 5.74) is 2.72. The standard InChI is InChI=1S/C14H14N2O2/c1-2-14-16-12-8-10(5-6-13(12)18-14)15-9-11-4-3-7-17-11/h3-8,15H,2,9H2,1H3. The number of hydrogen-bond donors (Lipinski definition) is 1. The summed E-state index contributed by atoms with van der Waals surface area (Å²) in [6.07, 6.45) is 2.48. The third-order valence-electron chi connectivity index (χ3n) is 2.78. The molecule has 0 amide bonds. The molecule has 1 aromatic carbocycles. The lowest BCUT2D eigenvalue weighted by Gasteiger charge is -2.03. The Morgan fingerprint density at radius 3 is 3.00 bits per heavy atom. The van der Waals surface area contributed by atoms with Crippen LogP contribution in [0.25, 0.3) is 11.1 Å². The van der Waals surface area contributed by atoms with Gasteiger partial charge in [0.05, 0.1) is 12.8 Å². The Kier molecular flexibility index (Phi) is 2.76. The predicted octanol–water partition coefficient (Wildman–Crippen LogP) is 3.60. The molecule has 0 fully saturated rings. The van der Waals surface area contributed by atoms with Gasteiger partial charge in [0, 0.05) is 12.1 Å². The second-order valence-corrected chi connectivity index (χ2v) is 4.08. The minimum atomic E-state index is 0.664. The van der Waals surface area contributed by atoms with Gasteiger partial charge in [-0.3, -0.25) is 0 Å². The van der Waals surface area contributed by atoms with E-state index in [9.17, 15) is 0 Å². The van der Waals surface area contributed by atoms with Crippen LogP contribution in [0.2, 0.25) is 0 Å². The van der Waals surface area contributed by atoms with Crippen LogP contribution in [0, 0.1) is 0 Å². The summed E-state index contributed by atoms with van der Waals surface area (Å²) in [6, 6.07) is 9.73. The van der Waals surface area contributed by atoms with Crippen LogP contribution in [0.1, 0.15) is 18.6 Å². The molecule has 3 aromatic rings. The Labute approximate surface area is 105 Å². The fraction of sp³-hybridized carbons (Fsp3) is 0.214. The van der Waals surface area contributed by atoms with E-state index < -0.39 is 0 Å². The van der Waals surface area contributed by atoms with Crippen molar-refractivity contribution in [3.63, 3.8) is 0 Å². The van der Waals surface area contributed by atoms with Gasteiger partial charge in [-0.05, 0) is 30.3 Å². The molecule has 0 aliphatic rings. The van der Waals surface area contributed by atoms with Gasteiger partial charge >= 0.3 is 0 Å². The van der Waals surface area contributed by atoms with Crippen LogP contribution in [-0.4, -0.2) is 4.98 Å². The molecule has 0 unspecified atom stereocenters. The third-order valence-corrected chi connectivity index (χ3v) is 2.78. The van der Waals surface area contributed by atoms with Crippen LogP contribution < -0.4 is 5.32 Å². The third kappa shape index (κ3) is 2.09. The molecule has 2 heterocycles. The van der Waals surface area contributed by atoms with E-state index in [1.165, 1.54) is 0 Å². The first-order valence-electron chi connectivity index (χ1n) is 6.01. The lowest BCUT2D eigenvalue weighted by molar-refractivity contribution is 0.518. The number of aryl methyl sites for hydroxylation is 1. The summed E-state index contributed by atoms with van der Waals surface area (Å²) >= 11 is 0. The van der Waals surface area contributed by atoms with Gasteiger partial charge in [-0.15, -0.1) is 0 Å².